The molecule has 7 heteroatoms. The van der Waals surface area contributed by atoms with E-state index < -0.39 is 10.0 Å². The van der Waals surface area contributed by atoms with Gasteiger partial charge in [0.1, 0.15) is 10.6 Å². The summed E-state index contributed by atoms with van der Waals surface area (Å²) in [6.45, 7) is 5.45. The lowest BCUT2D eigenvalue weighted by molar-refractivity contribution is 0.129. The van der Waals surface area contributed by atoms with E-state index in [4.69, 9.17) is 0 Å². The van der Waals surface area contributed by atoms with Gasteiger partial charge < -0.3 is 5.11 Å². The van der Waals surface area contributed by atoms with Crippen molar-refractivity contribution in [3.8, 4) is 5.75 Å². The molecular weight excluding hydrogens is 410 g/mol. The molecule has 1 atom stereocenters. The van der Waals surface area contributed by atoms with Crippen LogP contribution >= 0.6 is 0 Å². The Balaban J connectivity index is 1.37. The SMILES string of the molecule is CCCN(CC1CCN(S(=O)(=O)c2cccnc2)CC1)[C@H]1CCc2c(O)cccc2C1. The fraction of sp³-hybridized carbons (Fsp3) is 0.542. The third-order valence-electron chi connectivity index (χ3n) is 6.80. The highest BCUT2D eigenvalue weighted by atomic mass is 32.2. The molecule has 168 valence electrons. The quantitative estimate of drug-likeness (QED) is 0.709. The van der Waals surface area contributed by atoms with Gasteiger partial charge in [0.25, 0.3) is 0 Å². The van der Waals surface area contributed by atoms with Crippen LogP contribution in [0.2, 0.25) is 0 Å². The Kier molecular flexibility index (Phi) is 6.94. The fourth-order valence-corrected chi connectivity index (χ4v) is 6.54. The maximum atomic E-state index is 12.9. The minimum absolute atomic E-state index is 0.283. The lowest BCUT2D eigenvalue weighted by Gasteiger charge is -2.39. The molecule has 4 rings (SSSR count). The maximum absolute atomic E-state index is 12.9. The molecule has 31 heavy (non-hydrogen) atoms. The summed E-state index contributed by atoms with van der Waals surface area (Å²) in [7, 11) is -3.45. The molecule has 1 aromatic carbocycles. The van der Waals surface area contributed by atoms with Gasteiger partial charge in [-0.3, -0.25) is 9.88 Å². The second-order valence-electron chi connectivity index (χ2n) is 8.84. The summed E-state index contributed by atoms with van der Waals surface area (Å²) >= 11 is 0. The first-order valence-electron chi connectivity index (χ1n) is 11.4. The molecule has 1 saturated heterocycles. The van der Waals surface area contributed by atoms with Crippen LogP contribution in [0.15, 0.2) is 47.6 Å². The van der Waals surface area contributed by atoms with E-state index in [2.05, 4.69) is 22.9 Å². The highest BCUT2D eigenvalue weighted by Gasteiger charge is 2.32. The number of nitrogens with zero attached hydrogens (tertiary/aromatic N) is 3. The van der Waals surface area contributed by atoms with Crippen molar-refractivity contribution in [1.29, 1.82) is 0 Å². The van der Waals surface area contributed by atoms with Crippen LogP contribution in [0.25, 0.3) is 0 Å². The van der Waals surface area contributed by atoms with Crippen LogP contribution in [0.5, 0.6) is 5.75 Å². The number of phenolic OH excluding ortho intramolecular Hbond substituents is 1. The van der Waals surface area contributed by atoms with Crippen molar-refractivity contribution in [2.75, 3.05) is 26.2 Å². The van der Waals surface area contributed by atoms with E-state index in [1.807, 2.05) is 6.07 Å². The van der Waals surface area contributed by atoms with E-state index in [0.29, 0.717) is 30.8 Å². The van der Waals surface area contributed by atoms with Gasteiger partial charge in [-0.15, -0.1) is 0 Å². The van der Waals surface area contributed by atoms with Crippen molar-refractivity contribution in [3.05, 3.63) is 53.9 Å². The van der Waals surface area contributed by atoms with Crippen LogP contribution in [0.4, 0.5) is 0 Å². The van der Waals surface area contributed by atoms with Gasteiger partial charge >= 0.3 is 0 Å². The Labute approximate surface area is 186 Å². The van der Waals surface area contributed by atoms with Crippen LogP contribution < -0.4 is 0 Å². The van der Waals surface area contributed by atoms with Crippen molar-refractivity contribution in [3.63, 3.8) is 0 Å². The maximum Gasteiger partial charge on any atom is 0.244 e. The predicted octanol–water partition coefficient (Wildman–Crippen LogP) is 3.46. The number of hydrogen-bond acceptors (Lipinski definition) is 5. The average molecular weight is 444 g/mol. The molecule has 0 bridgehead atoms. The highest BCUT2D eigenvalue weighted by Crippen LogP contribution is 2.32. The average Bonchev–Trinajstić information content (AvgIpc) is 2.80. The van der Waals surface area contributed by atoms with E-state index in [-0.39, 0.29) is 4.90 Å². The summed E-state index contributed by atoms with van der Waals surface area (Å²) in [5.74, 6) is 0.942. The zero-order chi connectivity index (χ0) is 21.8. The van der Waals surface area contributed by atoms with E-state index in [1.165, 1.54) is 11.8 Å². The summed E-state index contributed by atoms with van der Waals surface area (Å²) in [5.41, 5.74) is 2.39. The zero-order valence-corrected chi connectivity index (χ0v) is 19.1. The third-order valence-corrected chi connectivity index (χ3v) is 8.68. The molecule has 0 amide bonds. The Morgan fingerprint density at radius 1 is 1.16 bits per heavy atom. The summed E-state index contributed by atoms with van der Waals surface area (Å²) in [6.07, 6.45) is 8.90. The molecule has 2 aromatic rings. The first-order valence-corrected chi connectivity index (χ1v) is 12.9. The molecule has 2 aliphatic rings. The number of fused-ring (bicyclic) bond motifs is 1. The minimum Gasteiger partial charge on any atom is -0.508 e. The Bertz CT molecular complexity index is 973. The molecule has 1 aliphatic heterocycles. The Morgan fingerprint density at radius 3 is 2.68 bits per heavy atom. The van der Waals surface area contributed by atoms with Crippen molar-refractivity contribution in [2.45, 2.75) is 56.4 Å². The molecule has 0 radical (unpaired) electrons. The predicted molar refractivity (Wildman–Crippen MR) is 122 cm³/mol. The molecule has 0 unspecified atom stereocenters. The summed E-state index contributed by atoms with van der Waals surface area (Å²) in [6, 6.07) is 9.66. The van der Waals surface area contributed by atoms with Gasteiger partial charge in [-0.05, 0) is 80.3 Å². The Hall–Kier alpha value is -1.96. The standard InChI is InChI=1S/C24H33N3O3S/c1-2-13-26(21-8-9-23-20(16-21)5-3-7-24(23)28)18-19-10-14-27(15-11-19)31(29,30)22-6-4-12-25-17-22/h3-7,12,17,19,21,28H,2,8-11,13-16,18H2,1H3/t21-/m0/s1. The van der Waals surface area contributed by atoms with Crippen LogP contribution in [-0.4, -0.2) is 59.9 Å². The Morgan fingerprint density at radius 2 is 1.97 bits per heavy atom. The van der Waals surface area contributed by atoms with E-state index >= 15 is 0 Å². The number of benzene rings is 1. The van der Waals surface area contributed by atoms with E-state index in [0.717, 1.165) is 57.2 Å². The van der Waals surface area contributed by atoms with Crippen molar-refractivity contribution >= 4 is 10.0 Å². The first-order chi connectivity index (χ1) is 15.0. The number of phenols is 1. The second-order valence-corrected chi connectivity index (χ2v) is 10.8. The van der Waals surface area contributed by atoms with E-state index in [1.54, 1.807) is 28.7 Å². The number of sulfonamides is 1. The van der Waals surface area contributed by atoms with Gasteiger partial charge in [0.2, 0.25) is 10.0 Å². The summed E-state index contributed by atoms with van der Waals surface area (Å²) < 4.78 is 27.3. The minimum atomic E-state index is -3.45. The molecule has 2 heterocycles. The second kappa shape index (κ2) is 9.67. The third kappa shape index (κ3) is 4.94. The molecule has 1 aromatic heterocycles. The summed E-state index contributed by atoms with van der Waals surface area (Å²) in [4.78, 5) is 6.86. The smallest absolute Gasteiger partial charge is 0.244 e. The largest absolute Gasteiger partial charge is 0.508 e. The van der Waals surface area contributed by atoms with Gasteiger partial charge in [-0.25, -0.2) is 8.42 Å². The van der Waals surface area contributed by atoms with E-state index in [9.17, 15) is 13.5 Å². The number of aromatic nitrogens is 1. The van der Waals surface area contributed by atoms with Crippen molar-refractivity contribution in [1.82, 2.24) is 14.2 Å². The lowest BCUT2D eigenvalue weighted by Crippen LogP contribution is -2.46. The lowest BCUT2D eigenvalue weighted by atomic mass is 9.86. The van der Waals surface area contributed by atoms with Crippen LogP contribution in [0.1, 0.15) is 43.7 Å². The zero-order valence-electron chi connectivity index (χ0n) is 18.3. The molecular formula is C24H33N3O3S. The molecule has 1 aliphatic carbocycles. The molecule has 0 spiro atoms. The summed E-state index contributed by atoms with van der Waals surface area (Å²) in [5, 5.41) is 10.1. The first kappa shape index (κ1) is 22.2. The molecule has 1 N–H and O–H groups in total. The number of hydrogen-bond donors (Lipinski definition) is 1. The van der Waals surface area contributed by atoms with Gasteiger partial charge in [-0.1, -0.05) is 19.1 Å². The molecule has 1 fully saturated rings. The van der Waals surface area contributed by atoms with Gasteiger partial charge in [0.05, 0.1) is 0 Å². The highest BCUT2D eigenvalue weighted by molar-refractivity contribution is 7.89. The topological polar surface area (TPSA) is 73.7 Å². The number of rotatable bonds is 7. The fourth-order valence-electron chi connectivity index (χ4n) is 5.10. The normalized spacial score (nSPS) is 20.6. The number of piperidine rings is 1. The molecule has 0 saturated carbocycles. The van der Waals surface area contributed by atoms with Crippen molar-refractivity contribution < 1.29 is 13.5 Å². The van der Waals surface area contributed by atoms with Gasteiger partial charge in [-0.2, -0.15) is 4.31 Å². The van der Waals surface area contributed by atoms with Crippen LogP contribution in [0, 0.1) is 5.92 Å². The van der Waals surface area contributed by atoms with Gasteiger partial charge in [0.15, 0.2) is 0 Å². The number of pyridine rings is 1. The molecule has 6 nitrogen and oxygen atoms in total. The van der Waals surface area contributed by atoms with Gasteiger partial charge in [0, 0.05) is 38.1 Å². The van der Waals surface area contributed by atoms with Crippen LogP contribution in [0.3, 0.4) is 0 Å². The van der Waals surface area contributed by atoms with Crippen LogP contribution in [-0.2, 0) is 22.9 Å². The monoisotopic (exact) mass is 443 g/mol. The number of aromatic hydroxyl groups is 1. The van der Waals surface area contributed by atoms with Crippen molar-refractivity contribution in [2.24, 2.45) is 5.92 Å².